The Morgan fingerprint density at radius 3 is 2.45 bits per heavy atom. The fraction of sp³-hybridized carbons (Fsp3) is 0.143. The first-order chi connectivity index (χ1) is 9.76. The number of aromatic amines is 1. The number of nitrogens with one attached hydrogen (secondary N) is 1. The van der Waals surface area contributed by atoms with Crippen molar-refractivity contribution < 1.29 is 9.47 Å². The summed E-state index contributed by atoms with van der Waals surface area (Å²) in [5.41, 5.74) is 2.33. The van der Waals surface area contributed by atoms with Crippen LogP contribution in [0.2, 0.25) is 0 Å². The van der Waals surface area contributed by atoms with Crippen molar-refractivity contribution in [1.82, 2.24) is 15.0 Å². The Hall–Kier alpha value is -2.08. The Kier molecular flexibility index (Phi) is 3.31. The van der Waals surface area contributed by atoms with Crippen LogP contribution in [0.15, 0.2) is 35.2 Å². The van der Waals surface area contributed by atoms with Crippen LogP contribution in [0.5, 0.6) is 11.5 Å². The quantitative estimate of drug-likeness (QED) is 0.797. The van der Waals surface area contributed by atoms with E-state index in [-0.39, 0.29) is 0 Å². The van der Waals surface area contributed by atoms with Gasteiger partial charge in [0.15, 0.2) is 0 Å². The van der Waals surface area contributed by atoms with Crippen molar-refractivity contribution in [1.29, 1.82) is 0 Å². The minimum Gasteiger partial charge on any atom is -0.496 e. The average molecular weight is 334 g/mol. The van der Waals surface area contributed by atoms with Gasteiger partial charge in [0.1, 0.15) is 23.5 Å². The number of H-pyrrole nitrogens is 1. The molecule has 2 aromatic heterocycles. The van der Waals surface area contributed by atoms with Crippen LogP contribution in [-0.2, 0) is 0 Å². The molecule has 0 saturated heterocycles. The molecule has 102 valence electrons. The predicted octanol–water partition coefficient (Wildman–Crippen LogP) is 3.40. The van der Waals surface area contributed by atoms with E-state index >= 15 is 0 Å². The van der Waals surface area contributed by atoms with Gasteiger partial charge in [-0.05, 0) is 28.1 Å². The third-order valence-electron chi connectivity index (χ3n) is 3.09. The highest BCUT2D eigenvalue weighted by Crippen LogP contribution is 2.41. The number of methoxy groups -OCH3 is 2. The maximum Gasteiger partial charge on any atom is 0.142 e. The maximum atomic E-state index is 5.44. The number of hydrogen-bond acceptors (Lipinski definition) is 4. The monoisotopic (exact) mass is 333 g/mol. The zero-order chi connectivity index (χ0) is 14.1. The van der Waals surface area contributed by atoms with E-state index in [1.807, 2.05) is 24.4 Å². The largest absolute Gasteiger partial charge is 0.496 e. The van der Waals surface area contributed by atoms with Crippen LogP contribution in [-0.4, -0.2) is 29.2 Å². The smallest absolute Gasteiger partial charge is 0.142 e. The van der Waals surface area contributed by atoms with Crippen molar-refractivity contribution >= 4 is 27.0 Å². The molecule has 1 N–H and O–H groups in total. The second-order valence-electron chi connectivity index (χ2n) is 4.12. The van der Waals surface area contributed by atoms with E-state index in [0.29, 0.717) is 11.5 Å². The Morgan fingerprint density at radius 1 is 1.10 bits per heavy atom. The van der Waals surface area contributed by atoms with Gasteiger partial charge in [-0.3, -0.25) is 0 Å². The van der Waals surface area contributed by atoms with Gasteiger partial charge in [0.05, 0.1) is 30.9 Å². The van der Waals surface area contributed by atoms with E-state index in [9.17, 15) is 0 Å². The van der Waals surface area contributed by atoms with Gasteiger partial charge in [0, 0.05) is 10.7 Å². The summed E-state index contributed by atoms with van der Waals surface area (Å²) in [6.45, 7) is 0. The molecule has 1 aromatic carbocycles. The molecule has 0 amide bonds. The first-order valence-electron chi connectivity index (χ1n) is 5.95. The number of fused-ring (bicyclic) bond motifs is 1. The summed E-state index contributed by atoms with van der Waals surface area (Å²) in [5.74, 6) is 1.41. The van der Waals surface area contributed by atoms with Crippen LogP contribution in [0.3, 0.4) is 0 Å². The van der Waals surface area contributed by atoms with Gasteiger partial charge in [0.25, 0.3) is 0 Å². The summed E-state index contributed by atoms with van der Waals surface area (Å²) in [6, 6.07) is 5.64. The molecule has 0 aliphatic rings. The van der Waals surface area contributed by atoms with Crippen molar-refractivity contribution in [2.24, 2.45) is 0 Å². The van der Waals surface area contributed by atoms with Crippen LogP contribution in [0.25, 0.3) is 22.3 Å². The third-order valence-corrected chi connectivity index (χ3v) is 3.71. The first-order valence-corrected chi connectivity index (χ1v) is 6.74. The van der Waals surface area contributed by atoms with E-state index < -0.39 is 0 Å². The molecule has 0 aliphatic carbocycles. The summed E-state index contributed by atoms with van der Waals surface area (Å²) >= 11 is 3.52. The molecule has 0 fully saturated rings. The summed E-state index contributed by atoms with van der Waals surface area (Å²) in [7, 11) is 3.26. The molecule has 0 aliphatic heterocycles. The topological polar surface area (TPSA) is 60.0 Å². The van der Waals surface area contributed by atoms with Gasteiger partial charge >= 0.3 is 0 Å². The molecule has 0 bridgehead atoms. The van der Waals surface area contributed by atoms with Gasteiger partial charge in [-0.1, -0.05) is 6.07 Å². The van der Waals surface area contributed by atoms with Crippen molar-refractivity contribution in [3.05, 3.63) is 35.2 Å². The van der Waals surface area contributed by atoms with Gasteiger partial charge in [0.2, 0.25) is 0 Å². The molecular formula is C14H12BrN3O2. The van der Waals surface area contributed by atoms with E-state index in [1.165, 1.54) is 6.33 Å². The summed E-state index contributed by atoms with van der Waals surface area (Å²) in [6.07, 6.45) is 3.36. The molecule has 2 heterocycles. The lowest BCUT2D eigenvalue weighted by Gasteiger charge is -2.13. The standard InChI is InChI=1S/C14H12BrN3O2/c1-19-9-4-3-5-10(20-2)12(9)13-11-8(15)6-16-14(11)18-7-17-13/h3-7H,1-2H3,(H,16,17,18). The zero-order valence-electron chi connectivity index (χ0n) is 11.0. The molecule has 3 aromatic rings. The second-order valence-corrected chi connectivity index (χ2v) is 4.97. The third kappa shape index (κ3) is 1.92. The Bertz CT molecular complexity index is 748. The lowest BCUT2D eigenvalue weighted by atomic mass is 10.1. The van der Waals surface area contributed by atoms with Crippen LogP contribution < -0.4 is 9.47 Å². The van der Waals surface area contributed by atoms with E-state index in [0.717, 1.165) is 26.8 Å². The summed E-state index contributed by atoms with van der Waals surface area (Å²) < 4.78 is 11.8. The first kappa shape index (κ1) is 12.9. The van der Waals surface area contributed by atoms with E-state index in [4.69, 9.17) is 9.47 Å². The minimum absolute atomic E-state index is 0.706. The number of halogens is 1. The molecule has 3 rings (SSSR count). The zero-order valence-corrected chi connectivity index (χ0v) is 12.6. The van der Waals surface area contributed by atoms with Gasteiger partial charge < -0.3 is 14.5 Å². The lowest BCUT2D eigenvalue weighted by Crippen LogP contribution is -1.96. The Balaban J connectivity index is 2.39. The molecule has 5 nitrogen and oxygen atoms in total. The van der Waals surface area contributed by atoms with Crippen LogP contribution in [0, 0.1) is 0 Å². The summed E-state index contributed by atoms with van der Waals surface area (Å²) in [5, 5.41) is 0.898. The van der Waals surface area contributed by atoms with Crippen LogP contribution in [0.1, 0.15) is 0 Å². The minimum atomic E-state index is 0.706. The van der Waals surface area contributed by atoms with E-state index in [1.54, 1.807) is 14.2 Å². The number of benzene rings is 1. The van der Waals surface area contributed by atoms with Gasteiger partial charge in [-0.15, -0.1) is 0 Å². The SMILES string of the molecule is COc1cccc(OC)c1-c1ncnc2[nH]cc(Br)c12. The van der Waals surface area contributed by atoms with Gasteiger partial charge in [-0.2, -0.15) is 0 Å². The van der Waals surface area contributed by atoms with Crippen molar-refractivity contribution in [3.8, 4) is 22.8 Å². The molecule has 6 heteroatoms. The fourth-order valence-electron chi connectivity index (χ4n) is 2.20. The number of rotatable bonds is 3. The maximum absolute atomic E-state index is 5.44. The molecule has 0 saturated carbocycles. The molecule has 20 heavy (non-hydrogen) atoms. The molecule has 0 radical (unpaired) electrons. The number of ether oxygens (including phenoxy) is 2. The van der Waals surface area contributed by atoms with Crippen LogP contribution in [0.4, 0.5) is 0 Å². The van der Waals surface area contributed by atoms with Gasteiger partial charge in [-0.25, -0.2) is 9.97 Å². The predicted molar refractivity (Wildman–Crippen MR) is 80.1 cm³/mol. The molecule has 0 spiro atoms. The Morgan fingerprint density at radius 2 is 1.80 bits per heavy atom. The normalized spacial score (nSPS) is 10.8. The highest BCUT2D eigenvalue weighted by Gasteiger charge is 2.18. The summed E-state index contributed by atoms with van der Waals surface area (Å²) in [4.78, 5) is 11.7. The van der Waals surface area contributed by atoms with Crippen molar-refractivity contribution in [2.75, 3.05) is 14.2 Å². The lowest BCUT2D eigenvalue weighted by molar-refractivity contribution is 0.397. The second kappa shape index (κ2) is 5.13. The highest BCUT2D eigenvalue weighted by atomic mass is 79.9. The van der Waals surface area contributed by atoms with Crippen molar-refractivity contribution in [2.45, 2.75) is 0 Å². The van der Waals surface area contributed by atoms with Crippen molar-refractivity contribution in [3.63, 3.8) is 0 Å². The average Bonchev–Trinajstić information content (AvgIpc) is 2.88. The number of hydrogen-bond donors (Lipinski definition) is 1. The van der Waals surface area contributed by atoms with Crippen LogP contribution >= 0.6 is 15.9 Å². The highest BCUT2D eigenvalue weighted by molar-refractivity contribution is 9.10. The van der Waals surface area contributed by atoms with E-state index in [2.05, 4.69) is 30.9 Å². The number of aromatic nitrogens is 3. The Labute approximate surface area is 124 Å². The fourth-order valence-corrected chi connectivity index (χ4v) is 2.69. The molecule has 0 atom stereocenters. The molecular weight excluding hydrogens is 322 g/mol. The number of nitrogens with zero attached hydrogens (tertiary/aromatic N) is 2. The molecule has 0 unspecified atom stereocenters.